The second kappa shape index (κ2) is 10.9. The molecule has 0 atom stereocenters. The number of esters is 1. The van der Waals surface area contributed by atoms with Gasteiger partial charge < -0.3 is 14.8 Å². The highest BCUT2D eigenvalue weighted by atomic mass is 79.9. The molecule has 0 aliphatic carbocycles. The summed E-state index contributed by atoms with van der Waals surface area (Å²) in [4.78, 5) is 36.6. The molecule has 3 aromatic rings. The van der Waals surface area contributed by atoms with E-state index < -0.39 is 16.8 Å². The lowest BCUT2D eigenvalue weighted by molar-refractivity contribution is -0.384. The SMILES string of the molecule is CCOC(=O)c1c(NC(=O)COc2ccc(Br)cc2Br)sc(C)c1-c1ccc([N+](=O)[O-])cc1. The van der Waals surface area contributed by atoms with Crippen LogP contribution < -0.4 is 10.1 Å². The predicted octanol–water partition coefficient (Wildman–Crippen LogP) is 6.35. The van der Waals surface area contributed by atoms with Crippen molar-refractivity contribution in [1.29, 1.82) is 0 Å². The molecule has 0 spiro atoms. The van der Waals surface area contributed by atoms with Gasteiger partial charge in [0, 0.05) is 27.0 Å². The number of aryl methyl sites for hydroxylation is 1. The third-order valence-corrected chi connectivity index (χ3v) is 6.57. The van der Waals surface area contributed by atoms with Gasteiger partial charge in [-0.25, -0.2) is 4.79 Å². The summed E-state index contributed by atoms with van der Waals surface area (Å²) in [5.41, 5.74) is 1.30. The number of carbonyl (C=O) groups is 2. The van der Waals surface area contributed by atoms with E-state index in [9.17, 15) is 19.7 Å². The Bertz CT molecular complexity index is 1210. The van der Waals surface area contributed by atoms with E-state index in [1.807, 2.05) is 0 Å². The van der Waals surface area contributed by atoms with Crippen molar-refractivity contribution in [3.05, 3.63) is 72.0 Å². The number of anilines is 1. The van der Waals surface area contributed by atoms with Crippen LogP contribution in [0.4, 0.5) is 10.7 Å². The Morgan fingerprint density at radius 3 is 2.45 bits per heavy atom. The molecule has 0 radical (unpaired) electrons. The fourth-order valence-corrected chi connectivity index (χ4v) is 5.27. The summed E-state index contributed by atoms with van der Waals surface area (Å²) < 4.78 is 12.3. The average molecular weight is 598 g/mol. The summed E-state index contributed by atoms with van der Waals surface area (Å²) in [7, 11) is 0. The van der Waals surface area contributed by atoms with Crippen molar-refractivity contribution >= 4 is 65.8 Å². The maximum absolute atomic E-state index is 12.8. The van der Waals surface area contributed by atoms with Crippen LogP contribution in [0.25, 0.3) is 11.1 Å². The van der Waals surface area contributed by atoms with Gasteiger partial charge in [0.15, 0.2) is 6.61 Å². The summed E-state index contributed by atoms with van der Waals surface area (Å²) in [6, 6.07) is 11.2. The van der Waals surface area contributed by atoms with Gasteiger partial charge in [0.1, 0.15) is 16.3 Å². The van der Waals surface area contributed by atoms with Gasteiger partial charge in [-0.05, 0) is 65.7 Å². The molecule has 172 valence electrons. The minimum absolute atomic E-state index is 0.0610. The van der Waals surface area contributed by atoms with Crippen molar-refractivity contribution in [2.75, 3.05) is 18.5 Å². The maximum Gasteiger partial charge on any atom is 0.341 e. The molecule has 1 heterocycles. The third kappa shape index (κ3) is 5.98. The number of benzene rings is 2. The molecule has 2 aromatic carbocycles. The number of nitro benzene ring substituents is 1. The molecule has 8 nitrogen and oxygen atoms in total. The Morgan fingerprint density at radius 2 is 1.85 bits per heavy atom. The second-order valence-electron chi connectivity index (χ2n) is 6.67. The highest BCUT2D eigenvalue weighted by molar-refractivity contribution is 9.11. The van der Waals surface area contributed by atoms with Gasteiger partial charge in [0.2, 0.25) is 0 Å². The number of ether oxygens (including phenoxy) is 2. The number of nitro groups is 1. The van der Waals surface area contributed by atoms with Crippen LogP contribution in [-0.4, -0.2) is 30.0 Å². The lowest BCUT2D eigenvalue weighted by Gasteiger charge is -2.10. The fourth-order valence-electron chi connectivity index (χ4n) is 3.03. The lowest BCUT2D eigenvalue weighted by atomic mass is 10.0. The number of rotatable bonds is 8. The molecule has 1 N–H and O–H groups in total. The van der Waals surface area contributed by atoms with Crippen LogP contribution >= 0.6 is 43.2 Å². The van der Waals surface area contributed by atoms with Gasteiger partial charge in [-0.3, -0.25) is 14.9 Å². The smallest absolute Gasteiger partial charge is 0.341 e. The number of nitrogens with zero attached hydrogens (tertiary/aromatic N) is 1. The Kier molecular flexibility index (Phi) is 8.22. The normalized spacial score (nSPS) is 10.5. The molecule has 1 amide bonds. The standard InChI is InChI=1S/C22H18Br2N2O6S/c1-3-31-22(28)20-19(13-4-7-15(8-5-13)26(29)30)12(2)33-21(20)25-18(27)11-32-17-9-6-14(23)10-16(17)24/h4-10H,3,11H2,1-2H3,(H,25,27). The topological polar surface area (TPSA) is 108 Å². The van der Waals surface area contributed by atoms with Gasteiger partial charge in [-0.2, -0.15) is 0 Å². The number of carbonyl (C=O) groups excluding carboxylic acids is 2. The molecule has 33 heavy (non-hydrogen) atoms. The van der Waals surface area contributed by atoms with Gasteiger partial charge in [0.25, 0.3) is 11.6 Å². The molecule has 0 aliphatic rings. The van der Waals surface area contributed by atoms with Crippen LogP contribution in [0.2, 0.25) is 0 Å². The summed E-state index contributed by atoms with van der Waals surface area (Å²) >= 11 is 7.95. The van der Waals surface area contributed by atoms with Crippen molar-refractivity contribution in [2.45, 2.75) is 13.8 Å². The van der Waals surface area contributed by atoms with Gasteiger partial charge in [-0.15, -0.1) is 11.3 Å². The number of amides is 1. The third-order valence-electron chi connectivity index (χ3n) is 4.44. The largest absolute Gasteiger partial charge is 0.483 e. The van der Waals surface area contributed by atoms with E-state index in [4.69, 9.17) is 9.47 Å². The Hall–Kier alpha value is -2.76. The zero-order valence-corrected chi connectivity index (χ0v) is 21.5. The maximum atomic E-state index is 12.8. The van der Waals surface area contributed by atoms with Crippen molar-refractivity contribution in [3.8, 4) is 16.9 Å². The molecule has 1 aromatic heterocycles. The predicted molar refractivity (Wildman–Crippen MR) is 133 cm³/mol. The first-order chi connectivity index (χ1) is 15.7. The van der Waals surface area contributed by atoms with Gasteiger partial charge in [-0.1, -0.05) is 15.9 Å². The Morgan fingerprint density at radius 1 is 1.15 bits per heavy atom. The van der Waals surface area contributed by atoms with Crippen molar-refractivity contribution < 1.29 is 24.0 Å². The number of halogens is 2. The monoisotopic (exact) mass is 596 g/mol. The molecule has 0 fully saturated rings. The summed E-state index contributed by atoms with van der Waals surface area (Å²) in [6.45, 7) is 3.37. The van der Waals surface area contributed by atoms with Crippen LogP contribution in [0.3, 0.4) is 0 Å². The average Bonchev–Trinajstić information content (AvgIpc) is 3.08. The van der Waals surface area contributed by atoms with E-state index >= 15 is 0 Å². The molecule has 0 saturated heterocycles. The number of nitrogens with one attached hydrogen (secondary N) is 1. The number of hydrogen-bond donors (Lipinski definition) is 1. The minimum atomic E-state index is -0.595. The number of non-ortho nitro benzene ring substituents is 1. The first kappa shape index (κ1) is 24.9. The van der Waals surface area contributed by atoms with Gasteiger partial charge in [0.05, 0.1) is 16.0 Å². The highest BCUT2D eigenvalue weighted by Crippen LogP contribution is 2.41. The summed E-state index contributed by atoms with van der Waals surface area (Å²) in [6.07, 6.45) is 0. The summed E-state index contributed by atoms with van der Waals surface area (Å²) in [5, 5.41) is 14.0. The quantitative estimate of drug-likeness (QED) is 0.184. The molecular weight excluding hydrogens is 580 g/mol. The first-order valence-corrected chi connectivity index (χ1v) is 12.0. The minimum Gasteiger partial charge on any atom is -0.483 e. The lowest BCUT2D eigenvalue weighted by Crippen LogP contribution is -2.21. The second-order valence-corrected chi connectivity index (χ2v) is 9.67. The number of thiophene rings is 1. The zero-order chi connectivity index (χ0) is 24.1. The Balaban J connectivity index is 1.88. The highest BCUT2D eigenvalue weighted by Gasteiger charge is 2.26. The van der Waals surface area contributed by atoms with Crippen LogP contribution in [-0.2, 0) is 9.53 Å². The zero-order valence-electron chi connectivity index (χ0n) is 17.5. The van der Waals surface area contributed by atoms with Crippen LogP contribution in [0, 0.1) is 17.0 Å². The van der Waals surface area contributed by atoms with Crippen molar-refractivity contribution in [3.63, 3.8) is 0 Å². The van der Waals surface area contributed by atoms with Crippen molar-refractivity contribution in [2.24, 2.45) is 0 Å². The van der Waals surface area contributed by atoms with E-state index in [0.29, 0.717) is 26.4 Å². The molecule has 0 saturated carbocycles. The first-order valence-electron chi connectivity index (χ1n) is 9.64. The molecule has 0 unspecified atom stereocenters. The van der Waals surface area contributed by atoms with E-state index in [1.54, 1.807) is 44.2 Å². The summed E-state index contributed by atoms with van der Waals surface area (Å²) in [5.74, 6) is -0.554. The molecule has 0 aliphatic heterocycles. The number of hydrogen-bond acceptors (Lipinski definition) is 7. The Labute approximate surface area is 210 Å². The van der Waals surface area contributed by atoms with E-state index in [-0.39, 0.29) is 24.5 Å². The molecule has 11 heteroatoms. The van der Waals surface area contributed by atoms with E-state index in [2.05, 4.69) is 37.2 Å². The van der Waals surface area contributed by atoms with Crippen molar-refractivity contribution in [1.82, 2.24) is 0 Å². The molecule has 0 bridgehead atoms. The van der Waals surface area contributed by atoms with Crippen LogP contribution in [0.1, 0.15) is 22.2 Å². The van der Waals surface area contributed by atoms with Crippen LogP contribution in [0.5, 0.6) is 5.75 Å². The van der Waals surface area contributed by atoms with Crippen LogP contribution in [0.15, 0.2) is 51.4 Å². The van der Waals surface area contributed by atoms with E-state index in [0.717, 1.165) is 9.35 Å². The molecule has 3 rings (SSSR count). The van der Waals surface area contributed by atoms with E-state index in [1.165, 1.54) is 23.5 Å². The molecular formula is C22H18Br2N2O6S. The fraction of sp³-hybridized carbons (Fsp3) is 0.182. The van der Waals surface area contributed by atoms with Gasteiger partial charge >= 0.3 is 5.97 Å².